The van der Waals surface area contributed by atoms with Crippen molar-refractivity contribution in [2.75, 3.05) is 25.0 Å². The number of rotatable bonds is 4. The molecule has 0 aliphatic carbocycles. The van der Waals surface area contributed by atoms with E-state index in [0.29, 0.717) is 12.5 Å². The number of aromatic nitrogens is 3. The zero-order chi connectivity index (χ0) is 17.2. The van der Waals surface area contributed by atoms with Crippen molar-refractivity contribution in [2.24, 2.45) is 5.92 Å². The van der Waals surface area contributed by atoms with Gasteiger partial charge in [-0.2, -0.15) is 0 Å². The first-order valence-electron chi connectivity index (χ1n) is 8.40. The van der Waals surface area contributed by atoms with Crippen LogP contribution in [-0.2, 0) is 11.3 Å². The lowest BCUT2D eigenvalue weighted by Crippen LogP contribution is -2.48. The Kier molecular flexibility index (Phi) is 4.29. The third-order valence-corrected chi connectivity index (χ3v) is 4.82. The third kappa shape index (κ3) is 3.18. The molecule has 2 saturated heterocycles. The van der Waals surface area contributed by atoms with E-state index in [1.807, 2.05) is 25.2 Å². The molecule has 2 aliphatic rings. The lowest BCUT2D eigenvalue weighted by atomic mass is 9.97. The van der Waals surface area contributed by atoms with Gasteiger partial charge in [0.1, 0.15) is 6.04 Å². The van der Waals surface area contributed by atoms with Crippen molar-refractivity contribution in [3.05, 3.63) is 48.5 Å². The number of fused-ring (bicyclic) bond motifs is 1. The number of carbonyl (C=O) groups excluding carboxylic acids is 1. The molecule has 2 aliphatic heterocycles. The molecule has 0 aromatic carbocycles. The Labute approximate surface area is 146 Å². The van der Waals surface area contributed by atoms with Gasteiger partial charge in [0.2, 0.25) is 11.9 Å². The molecule has 4 rings (SSSR count). The van der Waals surface area contributed by atoms with Crippen LogP contribution in [0.2, 0.25) is 0 Å². The average Bonchev–Trinajstić information content (AvgIpc) is 3.23. The highest BCUT2D eigenvalue weighted by atomic mass is 16.2. The summed E-state index contributed by atoms with van der Waals surface area (Å²) in [5.41, 5.74) is 7.31. The molecule has 2 N–H and O–H groups in total. The van der Waals surface area contributed by atoms with Crippen molar-refractivity contribution in [3.8, 4) is 0 Å². The van der Waals surface area contributed by atoms with E-state index < -0.39 is 0 Å². The van der Waals surface area contributed by atoms with Crippen molar-refractivity contribution in [1.29, 1.82) is 0 Å². The van der Waals surface area contributed by atoms with Crippen molar-refractivity contribution in [2.45, 2.75) is 18.6 Å². The van der Waals surface area contributed by atoms with Gasteiger partial charge in [-0.15, -0.1) is 0 Å². The minimum Gasteiger partial charge on any atom is -0.339 e. The molecule has 4 heterocycles. The predicted octanol–water partition coefficient (Wildman–Crippen LogP) is -0.189. The number of hydrogen-bond donors (Lipinski definition) is 2. The summed E-state index contributed by atoms with van der Waals surface area (Å²) in [6, 6.07) is 7.49. The molecule has 3 atom stereocenters. The Morgan fingerprint density at radius 2 is 1.96 bits per heavy atom. The van der Waals surface area contributed by atoms with Gasteiger partial charge in [-0.05, 0) is 18.2 Å². The number of nitrogens with zero attached hydrogens (tertiary/aromatic N) is 5. The van der Waals surface area contributed by atoms with Crippen LogP contribution >= 0.6 is 0 Å². The summed E-state index contributed by atoms with van der Waals surface area (Å²) in [6.45, 7) is 2.04. The van der Waals surface area contributed by atoms with Crippen LogP contribution in [-0.4, -0.2) is 58.0 Å². The molecule has 25 heavy (non-hydrogen) atoms. The third-order valence-electron chi connectivity index (χ3n) is 4.82. The van der Waals surface area contributed by atoms with E-state index in [2.05, 4.69) is 30.7 Å². The molecule has 3 unspecified atom stereocenters. The van der Waals surface area contributed by atoms with E-state index in [0.717, 1.165) is 18.8 Å². The predicted molar refractivity (Wildman–Crippen MR) is 92.3 cm³/mol. The van der Waals surface area contributed by atoms with Crippen LogP contribution in [0.1, 0.15) is 5.69 Å². The van der Waals surface area contributed by atoms with E-state index in [-0.39, 0.29) is 23.9 Å². The van der Waals surface area contributed by atoms with Crippen LogP contribution in [0.25, 0.3) is 0 Å². The maximum Gasteiger partial charge on any atom is 0.241 e. The summed E-state index contributed by atoms with van der Waals surface area (Å²) in [7, 11) is 1.82. The van der Waals surface area contributed by atoms with E-state index in [4.69, 9.17) is 0 Å². The summed E-state index contributed by atoms with van der Waals surface area (Å²) >= 11 is 0. The first-order valence-corrected chi connectivity index (χ1v) is 8.40. The highest BCUT2D eigenvalue weighted by molar-refractivity contribution is 5.82. The van der Waals surface area contributed by atoms with E-state index >= 15 is 0 Å². The van der Waals surface area contributed by atoms with Gasteiger partial charge >= 0.3 is 0 Å². The fourth-order valence-corrected chi connectivity index (χ4v) is 3.54. The number of amides is 1. The van der Waals surface area contributed by atoms with Crippen molar-refractivity contribution >= 4 is 11.9 Å². The van der Waals surface area contributed by atoms with E-state index in [1.165, 1.54) is 0 Å². The second kappa shape index (κ2) is 6.73. The molecule has 0 saturated carbocycles. The molecule has 2 aromatic rings. The number of hydrogen-bond acceptors (Lipinski definition) is 7. The lowest BCUT2D eigenvalue weighted by molar-refractivity contribution is -0.133. The number of carbonyl (C=O) groups is 1. The molecule has 0 bridgehead atoms. The molecule has 0 spiro atoms. The average molecular weight is 339 g/mol. The smallest absolute Gasteiger partial charge is 0.241 e. The molecule has 2 fully saturated rings. The first-order chi connectivity index (χ1) is 12.2. The lowest BCUT2D eigenvalue weighted by Gasteiger charge is -2.24. The van der Waals surface area contributed by atoms with Gasteiger partial charge in [0.25, 0.3) is 0 Å². The molecule has 2 aromatic heterocycles. The second-order valence-electron chi connectivity index (χ2n) is 6.51. The second-order valence-corrected chi connectivity index (χ2v) is 6.51. The molecular weight excluding hydrogens is 318 g/mol. The van der Waals surface area contributed by atoms with Crippen molar-refractivity contribution < 1.29 is 4.79 Å². The Hall–Kier alpha value is -2.58. The van der Waals surface area contributed by atoms with Gasteiger partial charge in [-0.25, -0.2) is 15.4 Å². The first kappa shape index (κ1) is 15.9. The molecule has 130 valence electrons. The Morgan fingerprint density at radius 3 is 2.72 bits per heavy atom. The topological polar surface area (TPSA) is 86.3 Å². The number of pyridine rings is 1. The van der Waals surface area contributed by atoms with Crippen molar-refractivity contribution in [3.63, 3.8) is 0 Å². The normalized spacial score (nSPS) is 25.0. The van der Waals surface area contributed by atoms with Crippen molar-refractivity contribution in [1.82, 2.24) is 30.7 Å². The van der Waals surface area contributed by atoms with Crippen LogP contribution in [0, 0.1) is 5.92 Å². The molecule has 8 heteroatoms. The highest BCUT2D eigenvalue weighted by Crippen LogP contribution is 2.27. The van der Waals surface area contributed by atoms with E-state index in [1.54, 1.807) is 29.6 Å². The fraction of sp³-hybridized carbons (Fsp3) is 0.412. The summed E-state index contributed by atoms with van der Waals surface area (Å²) in [6.07, 6.45) is 5.23. The van der Waals surface area contributed by atoms with Crippen LogP contribution < -0.4 is 15.8 Å². The minimum absolute atomic E-state index is 0.0708. The van der Waals surface area contributed by atoms with Crippen LogP contribution in [0.15, 0.2) is 42.9 Å². The monoisotopic (exact) mass is 339 g/mol. The van der Waals surface area contributed by atoms with Gasteiger partial charge in [-0.1, -0.05) is 6.07 Å². The van der Waals surface area contributed by atoms with Gasteiger partial charge < -0.3 is 9.80 Å². The zero-order valence-corrected chi connectivity index (χ0v) is 14.0. The van der Waals surface area contributed by atoms with Gasteiger partial charge in [0.15, 0.2) is 0 Å². The summed E-state index contributed by atoms with van der Waals surface area (Å²) in [5, 5.41) is 0. The maximum absolute atomic E-state index is 12.9. The standard InChI is InChI=1S/C17H21N7O/c1-23(9-12-5-2-3-6-18-12)16(25)15-13-10-24(11-14(13)21-22-15)17-19-7-4-8-20-17/h2-8,13-15,21-22H,9-11H2,1H3. The van der Waals surface area contributed by atoms with Crippen LogP contribution in [0.5, 0.6) is 0 Å². The number of likely N-dealkylation sites (N-methyl/N-ethyl adjacent to an activating group) is 1. The van der Waals surface area contributed by atoms with E-state index in [9.17, 15) is 4.79 Å². The Balaban J connectivity index is 1.42. The molecule has 0 radical (unpaired) electrons. The number of anilines is 1. The summed E-state index contributed by atoms with van der Waals surface area (Å²) in [5.74, 6) is 0.968. The molecular formula is C17H21N7O. The quantitative estimate of drug-likeness (QED) is 0.798. The van der Waals surface area contributed by atoms with Gasteiger partial charge in [-0.3, -0.25) is 15.2 Å². The van der Waals surface area contributed by atoms with Crippen LogP contribution in [0.4, 0.5) is 5.95 Å². The summed E-state index contributed by atoms with van der Waals surface area (Å²) < 4.78 is 0. The highest BCUT2D eigenvalue weighted by Gasteiger charge is 2.47. The molecule has 1 amide bonds. The Bertz CT molecular complexity index is 726. The Morgan fingerprint density at radius 1 is 1.16 bits per heavy atom. The number of nitrogens with one attached hydrogen (secondary N) is 2. The zero-order valence-electron chi connectivity index (χ0n) is 14.0. The van der Waals surface area contributed by atoms with Gasteiger partial charge in [0, 0.05) is 50.7 Å². The largest absolute Gasteiger partial charge is 0.339 e. The summed E-state index contributed by atoms with van der Waals surface area (Å²) in [4.78, 5) is 29.7. The fourth-order valence-electron chi connectivity index (χ4n) is 3.54. The number of hydrazine groups is 1. The maximum atomic E-state index is 12.9. The van der Waals surface area contributed by atoms with Gasteiger partial charge in [0.05, 0.1) is 12.2 Å². The SMILES string of the molecule is CN(Cc1ccccn1)C(=O)C1NNC2CN(c3ncccn3)CC21. The molecule has 8 nitrogen and oxygen atoms in total. The van der Waals surface area contributed by atoms with Crippen LogP contribution in [0.3, 0.4) is 0 Å². The minimum atomic E-state index is -0.257.